The Morgan fingerprint density at radius 2 is 1.79 bits per heavy atom. The van der Waals surface area contributed by atoms with Crippen molar-refractivity contribution in [1.29, 1.82) is 0 Å². The topological polar surface area (TPSA) is 49.4 Å². The number of carbonyl (C=O) groups excluding carboxylic acids is 2. The molecule has 4 nitrogen and oxygen atoms in total. The summed E-state index contributed by atoms with van der Waals surface area (Å²) in [4.78, 5) is 26.9. The standard InChI is InChI=1S/C20H30N2O2/c1-4-12-21-18(23)20(2,3)19(24)22-13-10-17(11-14-22)15-16-8-6-5-7-9-16/h5-9,17H,4,10-15H2,1-3H3,(H,21,23). The van der Waals surface area contributed by atoms with E-state index in [9.17, 15) is 9.59 Å². The van der Waals surface area contributed by atoms with Gasteiger partial charge in [-0.25, -0.2) is 0 Å². The van der Waals surface area contributed by atoms with Crippen LogP contribution in [0, 0.1) is 11.3 Å². The van der Waals surface area contributed by atoms with Crippen LogP contribution in [0.25, 0.3) is 0 Å². The fraction of sp³-hybridized carbons (Fsp3) is 0.600. The summed E-state index contributed by atoms with van der Waals surface area (Å²) in [5.41, 5.74) is 0.378. The lowest BCUT2D eigenvalue weighted by molar-refractivity contribution is -0.149. The average Bonchev–Trinajstić information content (AvgIpc) is 2.60. The third-order valence-corrected chi connectivity index (χ3v) is 4.91. The number of hydrogen-bond donors (Lipinski definition) is 1. The summed E-state index contributed by atoms with van der Waals surface area (Å²) in [6.07, 6.45) is 3.96. The number of amides is 2. The number of nitrogens with one attached hydrogen (secondary N) is 1. The van der Waals surface area contributed by atoms with Gasteiger partial charge in [-0.15, -0.1) is 0 Å². The highest BCUT2D eigenvalue weighted by Gasteiger charge is 2.39. The molecule has 0 atom stereocenters. The normalized spacial score (nSPS) is 16.0. The molecular formula is C20H30N2O2. The van der Waals surface area contributed by atoms with Gasteiger partial charge in [0.25, 0.3) is 0 Å². The summed E-state index contributed by atoms with van der Waals surface area (Å²) in [6, 6.07) is 10.5. The van der Waals surface area contributed by atoms with Gasteiger partial charge in [-0.05, 0) is 51.0 Å². The quantitative estimate of drug-likeness (QED) is 0.815. The molecule has 0 bridgehead atoms. The second-order valence-corrected chi connectivity index (χ2v) is 7.31. The molecule has 4 heteroatoms. The van der Waals surface area contributed by atoms with Crippen molar-refractivity contribution >= 4 is 11.8 Å². The largest absolute Gasteiger partial charge is 0.355 e. The first kappa shape index (κ1) is 18.5. The highest BCUT2D eigenvalue weighted by atomic mass is 16.2. The molecule has 1 saturated heterocycles. The van der Waals surface area contributed by atoms with Gasteiger partial charge >= 0.3 is 0 Å². The van der Waals surface area contributed by atoms with E-state index in [1.807, 2.05) is 17.9 Å². The second-order valence-electron chi connectivity index (χ2n) is 7.31. The van der Waals surface area contributed by atoms with Gasteiger partial charge in [0.05, 0.1) is 0 Å². The van der Waals surface area contributed by atoms with Crippen molar-refractivity contribution in [2.24, 2.45) is 11.3 Å². The minimum Gasteiger partial charge on any atom is -0.355 e. The molecule has 1 aromatic rings. The molecule has 1 aromatic carbocycles. The lowest BCUT2D eigenvalue weighted by Crippen LogP contribution is -2.51. The summed E-state index contributed by atoms with van der Waals surface area (Å²) in [5, 5.41) is 2.85. The maximum Gasteiger partial charge on any atom is 0.237 e. The van der Waals surface area contributed by atoms with Crippen LogP contribution in [0.1, 0.15) is 45.6 Å². The molecule has 0 aliphatic carbocycles. The molecule has 0 saturated carbocycles. The molecule has 1 aliphatic rings. The Bertz CT molecular complexity index is 546. The number of benzene rings is 1. The van der Waals surface area contributed by atoms with Gasteiger partial charge in [0.1, 0.15) is 5.41 Å². The van der Waals surface area contributed by atoms with E-state index in [4.69, 9.17) is 0 Å². The van der Waals surface area contributed by atoms with Gasteiger partial charge < -0.3 is 10.2 Å². The molecule has 0 spiro atoms. The number of nitrogens with zero attached hydrogens (tertiary/aromatic N) is 1. The Hall–Kier alpha value is -1.84. The fourth-order valence-corrected chi connectivity index (χ4v) is 3.24. The zero-order valence-corrected chi connectivity index (χ0v) is 15.2. The van der Waals surface area contributed by atoms with E-state index in [2.05, 4.69) is 29.6 Å². The molecule has 0 radical (unpaired) electrons. The maximum absolute atomic E-state index is 12.8. The van der Waals surface area contributed by atoms with Gasteiger partial charge in [-0.1, -0.05) is 37.3 Å². The molecule has 2 amide bonds. The molecule has 0 unspecified atom stereocenters. The molecule has 1 aliphatic heterocycles. The summed E-state index contributed by atoms with van der Waals surface area (Å²) in [5.74, 6) is 0.406. The highest BCUT2D eigenvalue weighted by Crippen LogP contribution is 2.26. The first-order valence-corrected chi connectivity index (χ1v) is 9.06. The zero-order valence-electron chi connectivity index (χ0n) is 15.2. The third kappa shape index (κ3) is 4.59. The molecule has 1 heterocycles. The predicted octanol–water partition coefficient (Wildman–Crippen LogP) is 3.02. The fourth-order valence-electron chi connectivity index (χ4n) is 3.24. The Kier molecular flexibility index (Phi) is 6.41. The molecular weight excluding hydrogens is 300 g/mol. The smallest absolute Gasteiger partial charge is 0.237 e. The van der Waals surface area contributed by atoms with Crippen LogP contribution in [-0.2, 0) is 16.0 Å². The Morgan fingerprint density at radius 3 is 2.38 bits per heavy atom. The van der Waals surface area contributed by atoms with Crippen LogP contribution < -0.4 is 5.32 Å². The summed E-state index contributed by atoms with van der Waals surface area (Å²) >= 11 is 0. The van der Waals surface area contributed by atoms with Crippen LogP contribution in [0.2, 0.25) is 0 Å². The number of hydrogen-bond acceptors (Lipinski definition) is 2. The van der Waals surface area contributed by atoms with Crippen LogP contribution in [0.5, 0.6) is 0 Å². The minimum absolute atomic E-state index is 0.0470. The Balaban J connectivity index is 1.86. The zero-order chi connectivity index (χ0) is 17.6. The summed E-state index contributed by atoms with van der Waals surface area (Å²) in [7, 11) is 0. The van der Waals surface area contributed by atoms with Crippen molar-refractivity contribution in [3.63, 3.8) is 0 Å². The number of carbonyl (C=O) groups is 2. The van der Waals surface area contributed by atoms with Crippen molar-refractivity contribution in [3.05, 3.63) is 35.9 Å². The number of likely N-dealkylation sites (tertiary alicyclic amines) is 1. The van der Waals surface area contributed by atoms with Gasteiger partial charge in [-0.3, -0.25) is 9.59 Å². The van der Waals surface area contributed by atoms with E-state index in [0.29, 0.717) is 12.5 Å². The predicted molar refractivity (Wildman–Crippen MR) is 96.5 cm³/mol. The van der Waals surface area contributed by atoms with Crippen LogP contribution in [0.15, 0.2) is 30.3 Å². The molecule has 0 aromatic heterocycles. The van der Waals surface area contributed by atoms with Crippen molar-refractivity contribution in [3.8, 4) is 0 Å². The Labute approximate surface area is 145 Å². The Morgan fingerprint density at radius 1 is 1.17 bits per heavy atom. The maximum atomic E-state index is 12.8. The monoisotopic (exact) mass is 330 g/mol. The lowest BCUT2D eigenvalue weighted by atomic mass is 9.86. The van der Waals surface area contributed by atoms with E-state index in [1.165, 1.54) is 5.56 Å². The van der Waals surface area contributed by atoms with Gasteiger partial charge in [-0.2, -0.15) is 0 Å². The molecule has 24 heavy (non-hydrogen) atoms. The van der Waals surface area contributed by atoms with E-state index in [0.717, 1.165) is 38.8 Å². The third-order valence-electron chi connectivity index (χ3n) is 4.91. The van der Waals surface area contributed by atoms with Crippen molar-refractivity contribution in [1.82, 2.24) is 10.2 Å². The minimum atomic E-state index is -0.985. The first-order chi connectivity index (χ1) is 11.4. The van der Waals surface area contributed by atoms with E-state index in [-0.39, 0.29) is 11.8 Å². The van der Waals surface area contributed by atoms with Crippen molar-refractivity contribution in [2.75, 3.05) is 19.6 Å². The molecule has 2 rings (SSSR count). The summed E-state index contributed by atoms with van der Waals surface area (Å²) in [6.45, 7) is 7.59. The van der Waals surface area contributed by atoms with E-state index < -0.39 is 5.41 Å². The summed E-state index contributed by atoms with van der Waals surface area (Å²) < 4.78 is 0. The SMILES string of the molecule is CCCNC(=O)C(C)(C)C(=O)N1CCC(Cc2ccccc2)CC1. The van der Waals surface area contributed by atoms with Crippen molar-refractivity contribution in [2.45, 2.75) is 46.5 Å². The lowest BCUT2D eigenvalue weighted by Gasteiger charge is -2.36. The van der Waals surface area contributed by atoms with E-state index >= 15 is 0 Å². The van der Waals surface area contributed by atoms with Gasteiger partial charge in [0.15, 0.2) is 0 Å². The molecule has 1 N–H and O–H groups in total. The number of piperidine rings is 1. The highest BCUT2D eigenvalue weighted by molar-refractivity contribution is 6.04. The van der Waals surface area contributed by atoms with Gasteiger partial charge in [0.2, 0.25) is 11.8 Å². The van der Waals surface area contributed by atoms with Crippen LogP contribution in [0.4, 0.5) is 0 Å². The van der Waals surface area contributed by atoms with Crippen LogP contribution in [-0.4, -0.2) is 36.3 Å². The van der Waals surface area contributed by atoms with Crippen molar-refractivity contribution < 1.29 is 9.59 Å². The average molecular weight is 330 g/mol. The second kappa shape index (κ2) is 8.32. The molecule has 1 fully saturated rings. The van der Waals surface area contributed by atoms with Crippen LogP contribution in [0.3, 0.4) is 0 Å². The van der Waals surface area contributed by atoms with Crippen LogP contribution >= 0.6 is 0 Å². The first-order valence-electron chi connectivity index (χ1n) is 9.06. The van der Waals surface area contributed by atoms with Gasteiger partial charge in [0, 0.05) is 19.6 Å². The molecule has 132 valence electrons. The number of rotatable bonds is 6. The van der Waals surface area contributed by atoms with E-state index in [1.54, 1.807) is 13.8 Å².